The molecule has 4 heteroatoms. The Hall–Kier alpha value is -0.610. The van der Waals surface area contributed by atoms with Crippen molar-refractivity contribution in [3.8, 4) is 0 Å². The van der Waals surface area contributed by atoms with Crippen molar-refractivity contribution in [3.05, 3.63) is 0 Å². The Bertz CT molecular complexity index is 107. The summed E-state index contributed by atoms with van der Waals surface area (Å²) >= 11 is 0. The molecule has 0 amide bonds. The highest BCUT2D eigenvalue weighted by Crippen LogP contribution is 1.90. The van der Waals surface area contributed by atoms with Gasteiger partial charge in [0.2, 0.25) is 0 Å². The predicted molar refractivity (Wildman–Crippen MR) is 47.7 cm³/mol. The van der Waals surface area contributed by atoms with Crippen molar-refractivity contribution in [2.75, 3.05) is 26.2 Å². The topological polar surface area (TPSA) is 79.1 Å². The van der Waals surface area contributed by atoms with Gasteiger partial charge in [0.1, 0.15) is 5.84 Å². The van der Waals surface area contributed by atoms with E-state index in [1.54, 1.807) is 0 Å². The van der Waals surface area contributed by atoms with E-state index in [1.807, 2.05) is 4.90 Å². The molecule has 5 N–H and O–H groups in total. The standard InChI is InChI=1S/C7H18N4/c1-2-4-11(5-3-8)7(10)6-9/h10H,2-6,8-9H2,1H3. The van der Waals surface area contributed by atoms with Crippen molar-refractivity contribution in [1.29, 1.82) is 5.41 Å². The Morgan fingerprint density at radius 2 is 2.00 bits per heavy atom. The van der Waals surface area contributed by atoms with Crippen LogP contribution >= 0.6 is 0 Å². The minimum absolute atomic E-state index is 0.306. The summed E-state index contributed by atoms with van der Waals surface area (Å²) in [6.07, 6.45) is 1.03. The normalized spacial score (nSPS) is 9.73. The van der Waals surface area contributed by atoms with E-state index in [1.165, 1.54) is 0 Å². The van der Waals surface area contributed by atoms with Crippen LogP contribution in [0, 0.1) is 5.41 Å². The van der Waals surface area contributed by atoms with Crippen LogP contribution in [0.5, 0.6) is 0 Å². The van der Waals surface area contributed by atoms with Crippen LogP contribution in [-0.4, -0.2) is 36.9 Å². The molecule has 0 aromatic carbocycles. The Kier molecular flexibility index (Phi) is 5.78. The third-order valence-electron chi connectivity index (χ3n) is 1.47. The maximum absolute atomic E-state index is 7.45. The average molecular weight is 158 g/mol. The average Bonchev–Trinajstić information content (AvgIpc) is 2.03. The first-order valence-electron chi connectivity index (χ1n) is 3.98. The number of nitrogens with zero attached hydrogens (tertiary/aromatic N) is 1. The Labute approximate surface area is 68.1 Å². The van der Waals surface area contributed by atoms with Crippen LogP contribution in [0.2, 0.25) is 0 Å². The van der Waals surface area contributed by atoms with Crippen LogP contribution in [-0.2, 0) is 0 Å². The minimum Gasteiger partial charge on any atom is -0.358 e. The quantitative estimate of drug-likeness (QED) is 0.376. The van der Waals surface area contributed by atoms with Gasteiger partial charge in [-0.1, -0.05) is 6.92 Å². The molecule has 0 fully saturated rings. The molecule has 0 aromatic rings. The predicted octanol–water partition coefficient (Wildman–Crippen LogP) is -0.407. The number of amidine groups is 1. The lowest BCUT2D eigenvalue weighted by atomic mass is 10.3. The van der Waals surface area contributed by atoms with Crippen LogP contribution in [0.25, 0.3) is 0 Å². The van der Waals surface area contributed by atoms with Gasteiger partial charge in [-0.3, -0.25) is 5.41 Å². The lowest BCUT2D eigenvalue weighted by Gasteiger charge is -2.22. The maximum Gasteiger partial charge on any atom is 0.110 e. The molecule has 0 aliphatic carbocycles. The van der Waals surface area contributed by atoms with Crippen LogP contribution < -0.4 is 11.5 Å². The zero-order valence-electron chi connectivity index (χ0n) is 7.14. The van der Waals surface area contributed by atoms with Gasteiger partial charge in [0.25, 0.3) is 0 Å². The van der Waals surface area contributed by atoms with E-state index in [0.717, 1.165) is 19.5 Å². The van der Waals surface area contributed by atoms with Gasteiger partial charge < -0.3 is 16.4 Å². The summed E-state index contributed by atoms with van der Waals surface area (Å²) in [5.74, 6) is 0.484. The van der Waals surface area contributed by atoms with Gasteiger partial charge >= 0.3 is 0 Å². The number of hydrogen-bond donors (Lipinski definition) is 3. The van der Waals surface area contributed by atoms with Gasteiger partial charge in [-0.05, 0) is 6.42 Å². The second-order valence-electron chi connectivity index (χ2n) is 2.43. The molecule has 0 aromatic heterocycles. The van der Waals surface area contributed by atoms with Crippen molar-refractivity contribution in [3.63, 3.8) is 0 Å². The third-order valence-corrected chi connectivity index (χ3v) is 1.47. The smallest absolute Gasteiger partial charge is 0.110 e. The molecule has 0 unspecified atom stereocenters. The van der Waals surface area contributed by atoms with Crippen molar-refractivity contribution in [2.45, 2.75) is 13.3 Å². The zero-order chi connectivity index (χ0) is 8.69. The van der Waals surface area contributed by atoms with Crippen molar-refractivity contribution < 1.29 is 0 Å². The molecule has 4 nitrogen and oxygen atoms in total. The molecular weight excluding hydrogens is 140 g/mol. The molecule has 0 saturated carbocycles. The highest BCUT2D eigenvalue weighted by atomic mass is 15.2. The first-order chi connectivity index (χ1) is 5.26. The molecule has 0 aliphatic rings. The third kappa shape index (κ3) is 3.95. The van der Waals surface area contributed by atoms with Gasteiger partial charge in [-0.15, -0.1) is 0 Å². The molecule has 0 saturated heterocycles. The number of nitrogens with one attached hydrogen (secondary N) is 1. The summed E-state index contributed by atoms with van der Waals surface area (Å²) < 4.78 is 0. The Morgan fingerprint density at radius 3 is 2.36 bits per heavy atom. The maximum atomic E-state index is 7.45. The van der Waals surface area contributed by atoms with E-state index in [2.05, 4.69) is 6.92 Å². The van der Waals surface area contributed by atoms with E-state index >= 15 is 0 Å². The van der Waals surface area contributed by atoms with Crippen molar-refractivity contribution in [2.24, 2.45) is 11.5 Å². The van der Waals surface area contributed by atoms with Crippen LogP contribution in [0.3, 0.4) is 0 Å². The highest BCUT2D eigenvalue weighted by molar-refractivity contribution is 5.80. The fourth-order valence-electron chi connectivity index (χ4n) is 0.937. The van der Waals surface area contributed by atoms with Gasteiger partial charge in [0.05, 0.1) is 6.54 Å². The minimum atomic E-state index is 0.306. The first kappa shape index (κ1) is 10.4. The van der Waals surface area contributed by atoms with Gasteiger partial charge in [0.15, 0.2) is 0 Å². The molecule has 0 heterocycles. The highest BCUT2D eigenvalue weighted by Gasteiger charge is 2.04. The van der Waals surface area contributed by atoms with Gasteiger partial charge in [0, 0.05) is 19.6 Å². The number of hydrogen-bond acceptors (Lipinski definition) is 3. The summed E-state index contributed by atoms with van der Waals surface area (Å²) in [5.41, 5.74) is 10.7. The first-order valence-corrected chi connectivity index (χ1v) is 3.98. The van der Waals surface area contributed by atoms with E-state index in [9.17, 15) is 0 Å². The molecule has 0 spiro atoms. The monoisotopic (exact) mass is 158 g/mol. The summed E-state index contributed by atoms with van der Waals surface area (Å²) in [6.45, 7) is 4.59. The van der Waals surface area contributed by atoms with E-state index < -0.39 is 0 Å². The molecule has 11 heavy (non-hydrogen) atoms. The Morgan fingerprint density at radius 1 is 1.36 bits per heavy atom. The summed E-state index contributed by atoms with van der Waals surface area (Å²) in [6, 6.07) is 0. The fourth-order valence-corrected chi connectivity index (χ4v) is 0.937. The second kappa shape index (κ2) is 6.12. The number of nitrogens with two attached hydrogens (primary N) is 2. The van der Waals surface area contributed by atoms with Crippen molar-refractivity contribution in [1.82, 2.24) is 4.90 Å². The summed E-state index contributed by atoms with van der Waals surface area (Å²) in [4.78, 5) is 1.92. The summed E-state index contributed by atoms with van der Waals surface area (Å²) in [7, 11) is 0. The zero-order valence-corrected chi connectivity index (χ0v) is 7.14. The van der Waals surface area contributed by atoms with E-state index in [0.29, 0.717) is 18.9 Å². The lowest BCUT2D eigenvalue weighted by Crippen LogP contribution is -2.39. The van der Waals surface area contributed by atoms with Gasteiger partial charge in [-0.25, -0.2) is 0 Å². The van der Waals surface area contributed by atoms with Crippen LogP contribution in [0.15, 0.2) is 0 Å². The molecule has 0 bridgehead atoms. The van der Waals surface area contributed by atoms with Crippen molar-refractivity contribution >= 4 is 5.84 Å². The number of rotatable bonds is 5. The van der Waals surface area contributed by atoms with Gasteiger partial charge in [-0.2, -0.15) is 0 Å². The largest absolute Gasteiger partial charge is 0.358 e. The van der Waals surface area contributed by atoms with E-state index in [4.69, 9.17) is 16.9 Å². The fraction of sp³-hybridized carbons (Fsp3) is 0.857. The van der Waals surface area contributed by atoms with E-state index in [-0.39, 0.29) is 0 Å². The molecule has 0 aliphatic heterocycles. The second-order valence-corrected chi connectivity index (χ2v) is 2.43. The van der Waals surface area contributed by atoms with Crippen LogP contribution in [0.4, 0.5) is 0 Å². The molecule has 0 rings (SSSR count). The molecule has 66 valence electrons. The lowest BCUT2D eigenvalue weighted by molar-refractivity contribution is 0.419. The SMILES string of the molecule is CCCN(CCN)C(=N)CN. The Balaban J connectivity index is 3.76. The molecular formula is C7H18N4. The molecule has 0 atom stereocenters. The summed E-state index contributed by atoms with van der Waals surface area (Å²) in [5, 5.41) is 7.45. The van der Waals surface area contributed by atoms with Crippen LogP contribution in [0.1, 0.15) is 13.3 Å². The molecule has 0 radical (unpaired) electrons.